The van der Waals surface area contributed by atoms with E-state index in [9.17, 15) is 9.18 Å². The van der Waals surface area contributed by atoms with Gasteiger partial charge in [0.1, 0.15) is 5.82 Å². The van der Waals surface area contributed by atoms with Gasteiger partial charge in [0, 0.05) is 17.7 Å². The van der Waals surface area contributed by atoms with Crippen LogP contribution in [-0.2, 0) is 11.3 Å². The van der Waals surface area contributed by atoms with Crippen molar-refractivity contribution in [2.75, 3.05) is 19.7 Å². The second-order valence-corrected chi connectivity index (χ2v) is 4.88. The molecule has 1 fully saturated rings. The SMILES string of the molecule is NC(=O)c1ccc(F)c(COCC2CCNCC2)c1. The molecule has 1 aromatic rings. The summed E-state index contributed by atoms with van der Waals surface area (Å²) in [4.78, 5) is 11.0. The predicted molar refractivity (Wildman–Crippen MR) is 70.2 cm³/mol. The number of amides is 1. The minimum atomic E-state index is -0.556. The van der Waals surface area contributed by atoms with Crippen LogP contribution in [-0.4, -0.2) is 25.6 Å². The third kappa shape index (κ3) is 4.01. The van der Waals surface area contributed by atoms with Crippen molar-refractivity contribution in [1.82, 2.24) is 5.32 Å². The van der Waals surface area contributed by atoms with Crippen molar-refractivity contribution in [2.24, 2.45) is 11.7 Å². The van der Waals surface area contributed by atoms with Gasteiger partial charge in [-0.1, -0.05) is 0 Å². The van der Waals surface area contributed by atoms with Gasteiger partial charge in [-0.15, -0.1) is 0 Å². The van der Waals surface area contributed by atoms with E-state index in [1.165, 1.54) is 18.2 Å². The Labute approximate surface area is 112 Å². The lowest BCUT2D eigenvalue weighted by molar-refractivity contribution is 0.0746. The fraction of sp³-hybridized carbons (Fsp3) is 0.500. The Hall–Kier alpha value is -1.46. The van der Waals surface area contributed by atoms with E-state index in [4.69, 9.17) is 10.5 Å². The average Bonchev–Trinajstić information content (AvgIpc) is 2.42. The van der Waals surface area contributed by atoms with Gasteiger partial charge in [-0.3, -0.25) is 4.79 Å². The molecule has 1 amide bonds. The molecule has 0 radical (unpaired) electrons. The van der Waals surface area contributed by atoms with E-state index in [1.807, 2.05) is 0 Å². The highest BCUT2D eigenvalue weighted by Crippen LogP contribution is 2.15. The quantitative estimate of drug-likeness (QED) is 0.847. The summed E-state index contributed by atoms with van der Waals surface area (Å²) in [5.41, 5.74) is 5.86. The number of primary amides is 1. The number of carbonyl (C=O) groups excluding carboxylic acids is 1. The highest BCUT2D eigenvalue weighted by atomic mass is 19.1. The van der Waals surface area contributed by atoms with Gasteiger partial charge in [0.2, 0.25) is 5.91 Å². The Bertz CT molecular complexity index is 445. The van der Waals surface area contributed by atoms with Crippen LogP contribution in [0.25, 0.3) is 0 Å². The molecule has 1 saturated heterocycles. The minimum Gasteiger partial charge on any atom is -0.376 e. The van der Waals surface area contributed by atoms with Crippen molar-refractivity contribution in [1.29, 1.82) is 0 Å². The number of nitrogens with two attached hydrogens (primary N) is 1. The summed E-state index contributed by atoms with van der Waals surface area (Å²) < 4.78 is 19.1. The summed E-state index contributed by atoms with van der Waals surface area (Å²) in [6, 6.07) is 4.09. The third-order valence-corrected chi connectivity index (χ3v) is 3.40. The Morgan fingerprint density at radius 1 is 1.42 bits per heavy atom. The van der Waals surface area contributed by atoms with Gasteiger partial charge in [-0.05, 0) is 50.0 Å². The van der Waals surface area contributed by atoms with Gasteiger partial charge < -0.3 is 15.8 Å². The molecule has 0 spiro atoms. The molecular weight excluding hydrogens is 247 g/mol. The van der Waals surface area contributed by atoms with Crippen LogP contribution in [0.2, 0.25) is 0 Å². The van der Waals surface area contributed by atoms with Crippen LogP contribution in [0.3, 0.4) is 0 Å². The third-order valence-electron chi connectivity index (χ3n) is 3.40. The summed E-state index contributed by atoms with van der Waals surface area (Å²) in [6.07, 6.45) is 2.17. The van der Waals surface area contributed by atoms with Gasteiger partial charge in [-0.25, -0.2) is 4.39 Å². The minimum absolute atomic E-state index is 0.177. The summed E-state index contributed by atoms with van der Waals surface area (Å²) in [5.74, 6) is -0.390. The molecule has 1 aromatic carbocycles. The lowest BCUT2D eigenvalue weighted by Crippen LogP contribution is -2.29. The predicted octanol–water partition coefficient (Wildman–Crippen LogP) is 1.44. The highest BCUT2D eigenvalue weighted by Gasteiger charge is 2.13. The molecule has 1 aliphatic rings. The largest absolute Gasteiger partial charge is 0.376 e. The van der Waals surface area contributed by atoms with Crippen LogP contribution in [0.1, 0.15) is 28.8 Å². The number of piperidine rings is 1. The first-order chi connectivity index (χ1) is 9.16. The van der Waals surface area contributed by atoms with E-state index >= 15 is 0 Å². The van der Waals surface area contributed by atoms with Crippen molar-refractivity contribution in [2.45, 2.75) is 19.4 Å². The maximum Gasteiger partial charge on any atom is 0.248 e. The monoisotopic (exact) mass is 266 g/mol. The maximum atomic E-state index is 13.6. The molecule has 0 aliphatic carbocycles. The maximum absolute atomic E-state index is 13.6. The molecule has 3 N–H and O–H groups in total. The number of halogens is 1. The molecule has 0 bridgehead atoms. The number of hydrogen-bond acceptors (Lipinski definition) is 3. The van der Waals surface area contributed by atoms with E-state index in [0.29, 0.717) is 23.7 Å². The van der Waals surface area contributed by atoms with Crippen LogP contribution in [0, 0.1) is 11.7 Å². The molecule has 4 nitrogen and oxygen atoms in total. The van der Waals surface area contributed by atoms with E-state index < -0.39 is 5.91 Å². The fourth-order valence-corrected chi connectivity index (χ4v) is 2.22. The lowest BCUT2D eigenvalue weighted by Gasteiger charge is -2.22. The van der Waals surface area contributed by atoms with Crippen LogP contribution in [0.5, 0.6) is 0 Å². The normalized spacial score (nSPS) is 16.5. The Kier molecular flexibility index (Phi) is 4.87. The van der Waals surface area contributed by atoms with Gasteiger partial charge in [0.25, 0.3) is 0 Å². The molecule has 1 heterocycles. The van der Waals surface area contributed by atoms with Crippen LogP contribution in [0.15, 0.2) is 18.2 Å². The van der Waals surface area contributed by atoms with E-state index in [1.54, 1.807) is 0 Å². The van der Waals surface area contributed by atoms with Crippen molar-refractivity contribution in [3.8, 4) is 0 Å². The second kappa shape index (κ2) is 6.63. The molecule has 0 unspecified atom stereocenters. The fourth-order valence-electron chi connectivity index (χ4n) is 2.22. The molecule has 1 aliphatic heterocycles. The zero-order valence-electron chi connectivity index (χ0n) is 10.8. The van der Waals surface area contributed by atoms with Gasteiger partial charge in [0.05, 0.1) is 6.61 Å². The molecule has 0 aromatic heterocycles. The van der Waals surface area contributed by atoms with E-state index in [-0.39, 0.29) is 12.4 Å². The zero-order chi connectivity index (χ0) is 13.7. The highest BCUT2D eigenvalue weighted by molar-refractivity contribution is 5.92. The van der Waals surface area contributed by atoms with E-state index in [0.717, 1.165) is 25.9 Å². The first kappa shape index (κ1) is 14.0. The van der Waals surface area contributed by atoms with Gasteiger partial charge in [0.15, 0.2) is 0 Å². The van der Waals surface area contributed by atoms with Crippen LogP contribution < -0.4 is 11.1 Å². The summed E-state index contributed by atoms with van der Waals surface area (Å²) in [5, 5.41) is 3.28. The topological polar surface area (TPSA) is 64.4 Å². The Balaban J connectivity index is 1.87. The van der Waals surface area contributed by atoms with Gasteiger partial charge in [-0.2, -0.15) is 0 Å². The van der Waals surface area contributed by atoms with Crippen molar-refractivity contribution < 1.29 is 13.9 Å². The number of nitrogens with one attached hydrogen (secondary N) is 1. The number of carbonyl (C=O) groups is 1. The van der Waals surface area contributed by atoms with Crippen LogP contribution in [0.4, 0.5) is 4.39 Å². The molecule has 19 heavy (non-hydrogen) atoms. The first-order valence-electron chi connectivity index (χ1n) is 6.53. The summed E-state index contributed by atoms with van der Waals surface area (Å²) in [7, 11) is 0. The number of rotatable bonds is 5. The molecule has 0 saturated carbocycles. The van der Waals surface area contributed by atoms with Crippen molar-refractivity contribution >= 4 is 5.91 Å². The Morgan fingerprint density at radius 3 is 2.84 bits per heavy atom. The molecule has 104 valence electrons. The zero-order valence-corrected chi connectivity index (χ0v) is 10.8. The van der Waals surface area contributed by atoms with Gasteiger partial charge >= 0.3 is 0 Å². The first-order valence-corrected chi connectivity index (χ1v) is 6.53. The molecule has 5 heteroatoms. The summed E-state index contributed by atoms with van der Waals surface area (Å²) >= 11 is 0. The standard InChI is InChI=1S/C14H19FN2O2/c15-13-2-1-11(14(16)18)7-12(13)9-19-8-10-3-5-17-6-4-10/h1-2,7,10,17H,3-6,8-9H2,(H2,16,18). The van der Waals surface area contributed by atoms with Crippen LogP contribution >= 0.6 is 0 Å². The summed E-state index contributed by atoms with van der Waals surface area (Å²) in [6.45, 7) is 2.83. The average molecular weight is 266 g/mol. The number of hydrogen-bond donors (Lipinski definition) is 2. The number of benzene rings is 1. The smallest absolute Gasteiger partial charge is 0.248 e. The number of ether oxygens (including phenoxy) is 1. The Morgan fingerprint density at radius 2 is 2.16 bits per heavy atom. The lowest BCUT2D eigenvalue weighted by atomic mass is 9.99. The van der Waals surface area contributed by atoms with Crippen molar-refractivity contribution in [3.63, 3.8) is 0 Å². The molecule has 2 rings (SSSR count). The molecular formula is C14H19FN2O2. The van der Waals surface area contributed by atoms with Crippen molar-refractivity contribution in [3.05, 3.63) is 35.1 Å². The molecule has 0 atom stereocenters. The van der Waals surface area contributed by atoms with E-state index in [2.05, 4.69) is 5.32 Å². The second-order valence-electron chi connectivity index (χ2n) is 4.88.